The first kappa shape index (κ1) is 26.7. The molecule has 1 unspecified atom stereocenters. The minimum absolute atomic E-state index is 0.0873. The van der Waals surface area contributed by atoms with Gasteiger partial charge in [-0.25, -0.2) is 4.98 Å². The zero-order valence-electron chi connectivity index (χ0n) is 20.1. The smallest absolute Gasteiger partial charge is 0.490 e. The maximum Gasteiger partial charge on any atom is 0.573 e. The zero-order chi connectivity index (χ0) is 26.9. The monoisotopic (exact) mass is 570 g/mol. The second kappa shape index (κ2) is 10.7. The summed E-state index contributed by atoms with van der Waals surface area (Å²) in [6, 6.07) is 10.6. The molecule has 0 spiro atoms. The number of fused-ring (bicyclic) bond motifs is 1. The third-order valence-electron chi connectivity index (χ3n) is 6.68. The molecule has 0 aliphatic carbocycles. The van der Waals surface area contributed by atoms with Crippen molar-refractivity contribution in [2.45, 2.75) is 47.8 Å². The van der Waals surface area contributed by atoms with Crippen LogP contribution in [0.3, 0.4) is 0 Å². The van der Waals surface area contributed by atoms with Crippen LogP contribution in [0, 0.1) is 0 Å². The number of hydrogen-bond donors (Lipinski definition) is 1. The van der Waals surface area contributed by atoms with Gasteiger partial charge in [0.2, 0.25) is 0 Å². The van der Waals surface area contributed by atoms with Crippen molar-refractivity contribution in [3.05, 3.63) is 42.5 Å². The predicted molar refractivity (Wildman–Crippen MR) is 135 cm³/mol. The molecule has 0 bridgehead atoms. The summed E-state index contributed by atoms with van der Waals surface area (Å²) < 4.78 is 65.0. The molecule has 38 heavy (non-hydrogen) atoms. The van der Waals surface area contributed by atoms with Gasteiger partial charge >= 0.3 is 12.3 Å². The van der Waals surface area contributed by atoms with Crippen molar-refractivity contribution in [2.75, 3.05) is 31.2 Å². The average Bonchev–Trinajstić information content (AvgIpc) is 3.33. The number of hydrogen-bond acceptors (Lipinski definition) is 8. The van der Waals surface area contributed by atoms with Gasteiger partial charge in [-0.05, 0) is 55.3 Å². The van der Waals surface area contributed by atoms with Crippen LogP contribution in [0.1, 0.15) is 25.7 Å². The summed E-state index contributed by atoms with van der Waals surface area (Å²) in [5.74, 6) is -0.893. The third-order valence-corrected chi connectivity index (χ3v) is 9.73. The number of carbonyl (C=O) groups is 1. The van der Waals surface area contributed by atoms with Crippen molar-refractivity contribution in [3.8, 4) is 11.5 Å². The zero-order valence-corrected chi connectivity index (χ0v) is 21.7. The Morgan fingerprint density at radius 3 is 2.39 bits per heavy atom. The summed E-state index contributed by atoms with van der Waals surface area (Å²) in [7, 11) is -1.74. The number of carboxylic acid groups (broad SMARTS) is 1. The quantitative estimate of drug-likeness (QED) is 0.425. The van der Waals surface area contributed by atoms with Crippen LogP contribution in [0.2, 0.25) is 0 Å². The Hall–Kier alpha value is -2.90. The molecule has 2 aliphatic heterocycles. The van der Waals surface area contributed by atoms with Crippen LogP contribution in [0.4, 0.5) is 18.3 Å². The minimum atomic E-state index is -4.74. The van der Waals surface area contributed by atoms with Crippen LogP contribution in [0.5, 0.6) is 11.5 Å². The number of anilines is 1. The van der Waals surface area contributed by atoms with Crippen LogP contribution in [-0.2, 0) is 20.3 Å². The van der Waals surface area contributed by atoms with Crippen molar-refractivity contribution in [1.82, 2.24) is 4.98 Å². The van der Waals surface area contributed by atoms with E-state index >= 15 is 0 Å². The lowest BCUT2D eigenvalue weighted by Crippen LogP contribution is -2.47. The van der Waals surface area contributed by atoms with Gasteiger partial charge in [0.25, 0.3) is 0 Å². The number of rotatable bonds is 7. The molecule has 0 saturated carbocycles. The summed E-state index contributed by atoms with van der Waals surface area (Å²) in [4.78, 5) is 19.4. The van der Waals surface area contributed by atoms with E-state index in [-0.39, 0.29) is 37.9 Å². The van der Waals surface area contributed by atoms with Crippen LogP contribution >= 0.6 is 11.3 Å². The maximum absolute atomic E-state index is 13.4. The van der Waals surface area contributed by atoms with Gasteiger partial charge in [-0.2, -0.15) is 0 Å². The Morgan fingerprint density at radius 1 is 1.11 bits per heavy atom. The molecule has 2 aliphatic rings. The van der Waals surface area contributed by atoms with Crippen molar-refractivity contribution in [2.24, 2.45) is 0 Å². The first-order valence-corrected chi connectivity index (χ1v) is 14.0. The van der Waals surface area contributed by atoms with Crippen LogP contribution in [0.15, 0.2) is 47.4 Å². The average molecular weight is 571 g/mol. The molecule has 2 aromatic carbocycles. The highest BCUT2D eigenvalue weighted by Gasteiger charge is 2.46. The van der Waals surface area contributed by atoms with Crippen LogP contribution < -0.4 is 14.4 Å². The molecule has 0 radical (unpaired) electrons. The third kappa shape index (κ3) is 5.74. The van der Waals surface area contributed by atoms with E-state index in [0.29, 0.717) is 36.6 Å². The molecule has 1 N–H and O–H groups in total. The molecule has 8 nitrogen and oxygen atoms in total. The first-order valence-electron chi connectivity index (χ1n) is 12.0. The van der Waals surface area contributed by atoms with E-state index in [0.717, 1.165) is 15.3 Å². The first-order chi connectivity index (χ1) is 18.1. The lowest BCUT2D eigenvalue weighted by atomic mass is 9.99. The van der Waals surface area contributed by atoms with Gasteiger partial charge in [-0.1, -0.05) is 11.3 Å². The number of thiazole rings is 1. The second-order valence-corrected chi connectivity index (χ2v) is 11.9. The number of piperidine rings is 1. The fourth-order valence-corrected chi connectivity index (χ4v) is 7.32. The van der Waals surface area contributed by atoms with Gasteiger partial charge in [0.15, 0.2) is 9.88 Å². The van der Waals surface area contributed by atoms with Gasteiger partial charge in [0, 0.05) is 44.0 Å². The maximum atomic E-state index is 13.4. The number of benzene rings is 2. The molecule has 2 saturated heterocycles. The lowest BCUT2D eigenvalue weighted by Gasteiger charge is -2.32. The number of alkyl halides is 3. The standard InChI is InChI=1S/C25H25F3N2O6S2/c26-25(27,28)36-18-3-1-16(2-4-18)35-17-7-11-30(12-8-17)23-29-20-6-5-19(15-21(20)37-23)38(33)24(22(31)32)9-13-34-14-10-24/h1-6,15,17H,7-14H2,(H,31,32). The molecule has 204 valence electrons. The number of nitrogens with zero attached hydrogens (tertiary/aromatic N) is 2. The van der Waals surface area contributed by atoms with Crippen molar-refractivity contribution >= 4 is 43.5 Å². The molecule has 1 atom stereocenters. The Morgan fingerprint density at radius 2 is 1.76 bits per heavy atom. The number of halogens is 3. The van der Waals surface area contributed by atoms with E-state index in [9.17, 15) is 27.3 Å². The Bertz CT molecular complexity index is 1320. The highest BCUT2D eigenvalue weighted by molar-refractivity contribution is 7.87. The van der Waals surface area contributed by atoms with Gasteiger partial charge in [0.1, 0.15) is 17.6 Å². The van der Waals surface area contributed by atoms with E-state index in [2.05, 4.69) is 9.64 Å². The normalized spacial score (nSPS) is 19.3. The summed E-state index contributed by atoms with van der Waals surface area (Å²) in [5.41, 5.74) is 0.752. The summed E-state index contributed by atoms with van der Waals surface area (Å²) >= 11 is 1.46. The van der Waals surface area contributed by atoms with Gasteiger partial charge in [-0.15, -0.1) is 13.2 Å². The van der Waals surface area contributed by atoms with E-state index < -0.39 is 27.9 Å². The molecular weight excluding hydrogens is 545 g/mol. The minimum Gasteiger partial charge on any atom is -0.490 e. The molecule has 3 aromatic rings. The van der Waals surface area contributed by atoms with Gasteiger partial charge in [-0.3, -0.25) is 9.00 Å². The van der Waals surface area contributed by atoms with Crippen molar-refractivity contribution < 1.29 is 41.5 Å². The number of aromatic nitrogens is 1. The fraction of sp³-hybridized carbons (Fsp3) is 0.440. The van der Waals surface area contributed by atoms with Gasteiger partial charge < -0.3 is 24.2 Å². The molecule has 3 heterocycles. The molecular formula is C25H25F3N2O6S2. The number of carboxylic acids is 1. The van der Waals surface area contributed by atoms with Crippen LogP contribution in [-0.4, -0.2) is 63.8 Å². The molecule has 2 fully saturated rings. The SMILES string of the molecule is O=C(O)C1(S(=O)c2ccc3nc(N4CCC(Oc5ccc(OC(F)(F)F)cc5)CC4)sc3c2)CCOCC1. The highest BCUT2D eigenvalue weighted by Crippen LogP contribution is 2.36. The molecule has 1 aromatic heterocycles. The molecule has 0 amide bonds. The fourth-order valence-electron chi connectivity index (χ4n) is 4.63. The van der Waals surface area contributed by atoms with Crippen molar-refractivity contribution in [3.63, 3.8) is 0 Å². The summed E-state index contributed by atoms with van der Waals surface area (Å²) in [6.07, 6.45) is -3.02. The lowest BCUT2D eigenvalue weighted by molar-refractivity contribution is -0.274. The predicted octanol–water partition coefficient (Wildman–Crippen LogP) is 4.98. The highest BCUT2D eigenvalue weighted by atomic mass is 32.2. The molecule has 13 heteroatoms. The number of aliphatic carboxylic acids is 1. The van der Waals surface area contributed by atoms with E-state index in [4.69, 9.17) is 14.5 Å². The van der Waals surface area contributed by atoms with Crippen LogP contribution in [0.25, 0.3) is 10.2 Å². The van der Waals surface area contributed by atoms with Crippen molar-refractivity contribution in [1.29, 1.82) is 0 Å². The Kier molecular flexibility index (Phi) is 7.51. The topological polar surface area (TPSA) is 98.2 Å². The van der Waals surface area contributed by atoms with Gasteiger partial charge in [0.05, 0.1) is 21.0 Å². The summed E-state index contributed by atoms with van der Waals surface area (Å²) in [5, 5.41) is 10.7. The van der Waals surface area contributed by atoms with E-state index in [1.807, 2.05) is 0 Å². The van der Waals surface area contributed by atoms with E-state index in [1.165, 1.54) is 35.6 Å². The number of ether oxygens (including phenoxy) is 3. The molecule has 5 rings (SSSR count). The Labute approximate surface area is 222 Å². The Balaban J connectivity index is 1.22. The second-order valence-electron chi connectivity index (χ2n) is 9.13. The van der Waals surface area contributed by atoms with E-state index in [1.54, 1.807) is 18.2 Å². The summed E-state index contributed by atoms with van der Waals surface area (Å²) in [6.45, 7) is 1.90. The largest absolute Gasteiger partial charge is 0.573 e.